The highest BCUT2D eigenvalue weighted by Gasteiger charge is 1.89. The second kappa shape index (κ2) is 4.09. The van der Waals surface area contributed by atoms with Crippen LogP contribution in [0.2, 0.25) is 0 Å². The molecule has 0 aliphatic carbocycles. The van der Waals surface area contributed by atoms with Crippen molar-refractivity contribution in [3.8, 4) is 0 Å². The van der Waals surface area contributed by atoms with Crippen LogP contribution >= 0.6 is 12.0 Å². The van der Waals surface area contributed by atoms with Gasteiger partial charge >= 0.3 is 0 Å². The van der Waals surface area contributed by atoms with Crippen molar-refractivity contribution in [3.05, 3.63) is 19.1 Å². The molecule has 0 saturated carbocycles. The van der Waals surface area contributed by atoms with E-state index in [4.69, 9.17) is 4.55 Å². The van der Waals surface area contributed by atoms with Gasteiger partial charge in [0.25, 0.3) is 0 Å². The fourth-order valence-corrected chi connectivity index (χ4v) is 0.570. The van der Waals surface area contributed by atoms with Crippen molar-refractivity contribution in [1.29, 1.82) is 0 Å². The van der Waals surface area contributed by atoms with Crippen LogP contribution in [0.15, 0.2) is 12.2 Å². The van der Waals surface area contributed by atoms with Crippen LogP contribution < -0.4 is 0 Å². The van der Waals surface area contributed by atoms with E-state index in [0.29, 0.717) is 5.75 Å². The summed E-state index contributed by atoms with van der Waals surface area (Å²) < 4.78 is 8.16. The van der Waals surface area contributed by atoms with Gasteiger partial charge in [-0.2, -0.15) is 0 Å². The Morgan fingerprint density at radius 3 is 2.57 bits per heavy atom. The van der Waals surface area contributed by atoms with Crippen molar-refractivity contribution in [1.82, 2.24) is 0 Å². The minimum absolute atomic E-state index is 0.711. The maximum atomic E-state index is 8.16. The summed E-state index contributed by atoms with van der Waals surface area (Å²) in [4.78, 5) is 0. The summed E-state index contributed by atoms with van der Waals surface area (Å²) >= 11 is 0.829. The molecule has 0 atom stereocenters. The molecule has 0 aromatic heterocycles. The zero-order chi connectivity index (χ0) is 5.70. The number of hydrogen-bond acceptors (Lipinski definition) is 2. The van der Waals surface area contributed by atoms with E-state index in [1.54, 1.807) is 0 Å². The van der Waals surface area contributed by atoms with Gasteiger partial charge in [0.2, 0.25) is 0 Å². The molecule has 1 nitrogen and oxygen atoms in total. The van der Waals surface area contributed by atoms with Gasteiger partial charge in [-0.1, -0.05) is 0 Å². The lowest BCUT2D eigenvalue weighted by molar-refractivity contribution is 0.663. The summed E-state index contributed by atoms with van der Waals surface area (Å²) in [6.45, 7) is 7.11. The summed E-state index contributed by atoms with van der Waals surface area (Å²) in [5, 5.41) is 0. The molecule has 0 aliphatic rings. The first kappa shape index (κ1) is 6.92. The Bertz CT molecular complexity index is 61.1. The fraction of sp³-hybridized carbons (Fsp3) is 0.400. The standard InChI is InChI=1S/C5H8OS/c1-5(2)3-4-7-6/h1-4H2/p+1. The maximum Gasteiger partial charge on any atom is 0.0973 e. The lowest BCUT2D eigenvalue weighted by Gasteiger charge is -1.84. The van der Waals surface area contributed by atoms with E-state index in [9.17, 15) is 0 Å². The average Bonchev–Trinajstić information content (AvgIpc) is 1.61. The van der Waals surface area contributed by atoms with Gasteiger partial charge in [0.1, 0.15) is 0 Å². The van der Waals surface area contributed by atoms with E-state index in [2.05, 4.69) is 13.5 Å². The molecular formula is C5H9OS+. The molecule has 1 N–H and O–H groups in total. The van der Waals surface area contributed by atoms with E-state index >= 15 is 0 Å². The molecule has 0 fully saturated rings. The quantitative estimate of drug-likeness (QED) is 0.450. The van der Waals surface area contributed by atoms with Crippen LogP contribution in [0.1, 0.15) is 6.42 Å². The molecule has 0 aliphatic heterocycles. The van der Waals surface area contributed by atoms with E-state index in [-0.39, 0.29) is 0 Å². The topological polar surface area (TPSA) is 20.2 Å². The minimum atomic E-state index is 0.711. The second-order valence-corrected chi connectivity index (χ2v) is 2.00. The van der Waals surface area contributed by atoms with Crippen molar-refractivity contribution in [3.63, 3.8) is 0 Å². The van der Waals surface area contributed by atoms with Gasteiger partial charge in [-0.15, -0.1) is 0 Å². The van der Waals surface area contributed by atoms with E-state index in [1.165, 1.54) is 0 Å². The zero-order valence-corrected chi connectivity index (χ0v) is 5.00. The van der Waals surface area contributed by atoms with E-state index < -0.39 is 0 Å². The Kier molecular flexibility index (Phi) is 4.04. The second-order valence-electron chi connectivity index (χ2n) is 1.33. The van der Waals surface area contributed by atoms with Gasteiger partial charge in [0, 0.05) is 25.7 Å². The first-order valence-corrected chi connectivity index (χ1v) is 2.97. The van der Waals surface area contributed by atoms with Gasteiger partial charge in [0.05, 0.1) is 5.57 Å². The average molecular weight is 117 g/mol. The summed E-state index contributed by atoms with van der Waals surface area (Å²) in [5.41, 5.74) is 0.876. The normalized spacial score (nSPS) is 8.71. The molecule has 0 saturated heterocycles. The van der Waals surface area contributed by atoms with Crippen LogP contribution in [-0.2, 0) is 0 Å². The summed E-state index contributed by atoms with van der Waals surface area (Å²) in [6, 6.07) is 0. The highest BCUT2D eigenvalue weighted by Crippen LogP contribution is 2.00. The Hall–Kier alpha value is -0.0800. The molecule has 2 heteroatoms. The maximum absolute atomic E-state index is 8.16. The van der Waals surface area contributed by atoms with E-state index in [1.807, 2.05) is 0 Å². The molecule has 0 bridgehead atoms. The third-order valence-corrected chi connectivity index (χ3v) is 0.934. The summed E-state index contributed by atoms with van der Waals surface area (Å²) in [6.07, 6.45) is 0.807. The molecule has 7 heavy (non-hydrogen) atoms. The van der Waals surface area contributed by atoms with Crippen LogP contribution in [0.5, 0.6) is 0 Å². The first-order chi connectivity index (χ1) is 3.27. The largest absolute Gasteiger partial charge is 0.330 e. The van der Waals surface area contributed by atoms with Gasteiger partial charge in [0.15, 0.2) is 0 Å². The first-order valence-electron chi connectivity index (χ1n) is 2.03. The van der Waals surface area contributed by atoms with Crippen molar-refractivity contribution in [2.75, 3.05) is 5.75 Å². The fourth-order valence-electron chi connectivity index (χ4n) is 0.190. The van der Waals surface area contributed by atoms with Crippen LogP contribution in [-0.4, -0.2) is 10.3 Å². The molecule has 0 aromatic rings. The third kappa shape index (κ3) is 5.92. The summed E-state index contributed by atoms with van der Waals surface area (Å²) in [5.74, 6) is 0.711. The van der Waals surface area contributed by atoms with Gasteiger partial charge in [-0.25, -0.2) is 0 Å². The lowest BCUT2D eigenvalue weighted by Crippen LogP contribution is -1.76. The summed E-state index contributed by atoms with van der Waals surface area (Å²) in [7, 11) is 0. The Labute approximate surface area is 48.6 Å². The predicted octanol–water partition coefficient (Wildman–Crippen LogP) is 1.97. The van der Waals surface area contributed by atoms with Crippen LogP contribution in [0.4, 0.5) is 0 Å². The van der Waals surface area contributed by atoms with Crippen LogP contribution in [0, 0.1) is 6.92 Å². The number of hydrogen-bond donors (Lipinski definition) is 1. The Morgan fingerprint density at radius 1 is 1.86 bits per heavy atom. The van der Waals surface area contributed by atoms with Crippen LogP contribution in [0.3, 0.4) is 0 Å². The smallest absolute Gasteiger partial charge is 0.0973 e. The molecule has 0 radical (unpaired) electrons. The van der Waals surface area contributed by atoms with E-state index in [0.717, 1.165) is 24.0 Å². The number of allylic oxidation sites excluding steroid dienone is 1. The van der Waals surface area contributed by atoms with Crippen molar-refractivity contribution < 1.29 is 4.55 Å². The number of rotatable bonds is 3. The molecule has 0 spiro atoms. The molecule has 40 valence electrons. The molecule has 0 unspecified atom stereocenters. The predicted molar refractivity (Wildman–Crippen MR) is 34.2 cm³/mol. The molecule has 0 rings (SSSR count). The highest BCUT2D eigenvalue weighted by atomic mass is 32.2. The van der Waals surface area contributed by atoms with Crippen molar-refractivity contribution >= 4 is 12.0 Å². The highest BCUT2D eigenvalue weighted by molar-refractivity contribution is 7.93. The minimum Gasteiger partial charge on any atom is -0.330 e. The van der Waals surface area contributed by atoms with Gasteiger partial charge in [-0.05, 0) is 12.0 Å². The monoisotopic (exact) mass is 117 g/mol. The van der Waals surface area contributed by atoms with Crippen molar-refractivity contribution in [2.24, 2.45) is 0 Å². The van der Waals surface area contributed by atoms with Crippen LogP contribution in [0.25, 0.3) is 0 Å². The van der Waals surface area contributed by atoms with Crippen molar-refractivity contribution in [2.45, 2.75) is 6.42 Å². The SMILES string of the molecule is C=C([CH2+])CCSO. The van der Waals surface area contributed by atoms with Gasteiger partial charge in [-0.3, -0.25) is 0 Å². The molecule has 0 aromatic carbocycles. The Balaban J connectivity index is 2.82. The lowest BCUT2D eigenvalue weighted by atomic mass is 10.3. The zero-order valence-electron chi connectivity index (χ0n) is 4.18. The third-order valence-electron chi connectivity index (χ3n) is 0.547. The molecule has 0 heterocycles. The van der Waals surface area contributed by atoms with Gasteiger partial charge < -0.3 is 4.55 Å². The molecule has 0 amide bonds. The molecular weight excluding hydrogens is 108 g/mol. The Morgan fingerprint density at radius 2 is 2.43 bits per heavy atom.